The van der Waals surface area contributed by atoms with Gasteiger partial charge in [-0.25, -0.2) is 0 Å². The maximum Gasteiger partial charge on any atom is 0.272 e. The summed E-state index contributed by atoms with van der Waals surface area (Å²) in [6.07, 6.45) is 0. The van der Waals surface area contributed by atoms with Crippen LogP contribution in [0.2, 0.25) is 0 Å². The maximum atomic E-state index is 12.5. The van der Waals surface area contributed by atoms with E-state index in [1.165, 1.54) is 4.90 Å². The van der Waals surface area contributed by atoms with Crippen LogP contribution in [0, 0.1) is 6.92 Å². The molecule has 7 heteroatoms. The zero-order valence-corrected chi connectivity index (χ0v) is 10.9. The van der Waals surface area contributed by atoms with Crippen molar-refractivity contribution in [2.75, 3.05) is 16.8 Å². The molecule has 0 radical (unpaired) electrons. The summed E-state index contributed by atoms with van der Waals surface area (Å²) in [5.41, 5.74) is 1.92. The third-order valence-corrected chi connectivity index (χ3v) is 3.68. The molecule has 0 bridgehead atoms. The standard InChI is InChI=1S/C12H10N4O2S/c1-7-11(19-15-14-7)12(18)16-6-10(17)13-8-4-2-3-5-9(8)16/h2-5H,6H2,1H3,(H,13,17). The molecule has 0 spiro atoms. The van der Waals surface area contributed by atoms with Crippen LogP contribution in [-0.4, -0.2) is 27.9 Å². The highest BCUT2D eigenvalue weighted by Gasteiger charge is 2.29. The van der Waals surface area contributed by atoms with Crippen LogP contribution in [0.25, 0.3) is 0 Å². The summed E-state index contributed by atoms with van der Waals surface area (Å²) in [5, 5.41) is 6.57. The lowest BCUT2D eigenvalue weighted by molar-refractivity contribution is -0.115. The van der Waals surface area contributed by atoms with Gasteiger partial charge in [-0.1, -0.05) is 16.6 Å². The number of rotatable bonds is 1. The quantitative estimate of drug-likeness (QED) is 0.854. The highest BCUT2D eigenvalue weighted by molar-refractivity contribution is 7.08. The van der Waals surface area contributed by atoms with Crippen molar-refractivity contribution in [1.29, 1.82) is 0 Å². The average Bonchev–Trinajstić information content (AvgIpc) is 2.83. The van der Waals surface area contributed by atoms with Crippen LogP contribution in [0.15, 0.2) is 24.3 Å². The first-order valence-corrected chi connectivity index (χ1v) is 6.44. The molecule has 0 aliphatic carbocycles. The van der Waals surface area contributed by atoms with E-state index < -0.39 is 0 Å². The van der Waals surface area contributed by atoms with Gasteiger partial charge in [-0.15, -0.1) is 5.10 Å². The molecule has 19 heavy (non-hydrogen) atoms. The van der Waals surface area contributed by atoms with Crippen molar-refractivity contribution >= 4 is 34.7 Å². The van der Waals surface area contributed by atoms with Gasteiger partial charge >= 0.3 is 0 Å². The average molecular weight is 274 g/mol. The molecule has 1 aromatic heterocycles. The first-order valence-electron chi connectivity index (χ1n) is 5.66. The molecular weight excluding hydrogens is 264 g/mol. The number of aromatic nitrogens is 2. The molecule has 1 aliphatic rings. The number of hydrogen-bond acceptors (Lipinski definition) is 5. The number of nitrogens with zero attached hydrogens (tertiary/aromatic N) is 3. The van der Waals surface area contributed by atoms with E-state index >= 15 is 0 Å². The maximum absolute atomic E-state index is 12.5. The normalized spacial score (nSPS) is 13.9. The highest BCUT2D eigenvalue weighted by atomic mass is 32.1. The summed E-state index contributed by atoms with van der Waals surface area (Å²) in [4.78, 5) is 26.0. The summed E-state index contributed by atoms with van der Waals surface area (Å²) < 4.78 is 3.76. The number of benzene rings is 1. The Hall–Kier alpha value is -2.28. The number of hydrogen-bond donors (Lipinski definition) is 1. The van der Waals surface area contributed by atoms with Crippen molar-refractivity contribution in [3.63, 3.8) is 0 Å². The number of carbonyl (C=O) groups is 2. The molecule has 2 heterocycles. The van der Waals surface area contributed by atoms with Gasteiger partial charge in [0, 0.05) is 0 Å². The van der Waals surface area contributed by atoms with E-state index in [-0.39, 0.29) is 18.4 Å². The van der Waals surface area contributed by atoms with E-state index in [4.69, 9.17) is 0 Å². The van der Waals surface area contributed by atoms with Crippen LogP contribution in [-0.2, 0) is 4.79 Å². The second-order valence-electron chi connectivity index (χ2n) is 4.14. The summed E-state index contributed by atoms with van der Waals surface area (Å²) in [7, 11) is 0. The van der Waals surface area contributed by atoms with Crippen LogP contribution in [0.5, 0.6) is 0 Å². The summed E-state index contributed by atoms with van der Waals surface area (Å²) in [6, 6.07) is 7.21. The molecule has 1 aromatic carbocycles. The van der Waals surface area contributed by atoms with Gasteiger partial charge in [-0.05, 0) is 30.6 Å². The van der Waals surface area contributed by atoms with Gasteiger partial charge in [0.2, 0.25) is 5.91 Å². The van der Waals surface area contributed by atoms with Gasteiger partial charge in [-0.3, -0.25) is 14.5 Å². The van der Waals surface area contributed by atoms with Crippen molar-refractivity contribution in [3.05, 3.63) is 34.8 Å². The van der Waals surface area contributed by atoms with E-state index in [2.05, 4.69) is 14.9 Å². The fourth-order valence-corrected chi connectivity index (χ4v) is 2.57. The zero-order valence-electron chi connectivity index (χ0n) is 10.1. The fourth-order valence-electron chi connectivity index (χ4n) is 1.96. The summed E-state index contributed by atoms with van der Waals surface area (Å²) >= 11 is 1.04. The van der Waals surface area contributed by atoms with Crippen LogP contribution in [0.3, 0.4) is 0 Å². The lowest BCUT2D eigenvalue weighted by Gasteiger charge is -2.28. The molecule has 2 aromatic rings. The van der Waals surface area contributed by atoms with Crippen molar-refractivity contribution in [1.82, 2.24) is 9.59 Å². The second-order valence-corrected chi connectivity index (χ2v) is 4.90. The third kappa shape index (κ3) is 1.97. The Labute approximate surface area is 113 Å². The second kappa shape index (κ2) is 4.43. The number of para-hydroxylation sites is 2. The molecule has 0 atom stereocenters. The van der Waals surface area contributed by atoms with Gasteiger partial charge in [0.15, 0.2) is 0 Å². The highest BCUT2D eigenvalue weighted by Crippen LogP contribution is 2.30. The topological polar surface area (TPSA) is 75.2 Å². The SMILES string of the molecule is Cc1nnsc1C(=O)N1CC(=O)Nc2ccccc21. The van der Waals surface area contributed by atoms with Crippen LogP contribution in [0.4, 0.5) is 11.4 Å². The van der Waals surface area contributed by atoms with Gasteiger partial charge < -0.3 is 5.32 Å². The Morgan fingerprint density at radius 3 is 2.95 bits per heavy atom. The van der Waals surface area contributed by atoms with E-state index in [1.54, 1.807) is 19.1 Å². The summed E-state index contributed by atoms with van der Waals surface area (Å²) in [6.45, 7) is 1.74. The largest absolute Gasteiger partial charge is 0.323 e. The molecule has 2 amide bonds. The molecule has 0 unspecified atom stereocenters. The Morgan fingerprint density at radius 2 is 2.21 bits per heavy atom. The summed E-state index contributed by atoms with van der Waals surface area (Å²) in [5.74, 6) is -0.447. The molecule has 1 aliphatic heterocycles. The number of carbonyl (C=O) groups excluding carboxylic acids is 2. The van der Waals surface area contributed by atoms with Crippen molar-refractivity contribution < 1.29 is 9.59 Å². The van der Waals surface area contributed by atoms with Crippen molar-refractivity contribution in [2.45, 2.75) is 6.92 Å². The minimum Gasteiger partial charge on any atom is -0.323 e. The molecule has 6 nitrogen and oxygen atoms in total. The van der Waals surface area contributed by atoms with Crippen molar-refractivity contribution in [2.24, 2.45) is 0 Å². The smallest absolute Gasteiger partial charge is 0.272 e. The van der Waals surface area contributed by atoms with Gasteiger partial charge in [0.25, 0.3) is 5.91 Å². The van der Waals surface area contributed by atoms with Crippen LogP contribution < -0.4 is 10.2 Å². The fraction of sp³-hybridized carbons (Fsp3) is 0.167. The molecule has 3 rings (SSSR count). The van der Waals surface area contributed by atoms with Crippen LogP contribution in [0.1, 0.15) is 15.4 Å². The minimum absolute atomic E-state index is 0.00713. The molecule has 0 saturated carbocycles. The third-order valence-electron chi connectivity index (χ3n) is 2.86. The number of fused-ring (bicyclic) bond motifs is 1. The minimum atomic E-state index is -0.241. The number of aryl methyl sites for hydroxylation is 1. The van der Waals surface area contributed by atoms with E-state index in [9.17, 15) is 9.59 Å². The lowest BCUT2D eigenvalue weighted by atomic mass is 10.2. The number of amides is 2. The Morgan fingerprint density at radius 1 is 1.42 bits per heavy atom. The first-order chi connectivity index (χ1) is 9.16. The predicted molar refractivity (Wildman–Crippen MR) is 71.4 cm³/mol. The van der Waals surface area contributed by atoms with E-state index in [0.717, 1.165) is 11.5 Å². The number of nitrogens with one attached hydrogen (secondary N) is 1. The molecular formula is C12H10N4O2S. The van der Waals surface area contributed by atoms with Gasteiger partial charge in [-0.2, -0.15) is 0 Å². The zero-order chi connectivity index (χ0) is 13.4. The van der Waals surface area contributed by atoms with Crippen LogP contribution >= 0.6 is 11.5 Å². The van der Waals surface area contributed by atoms with Gasteiger partial charge in [0.1, 0.15) is 11.4 Å². The Bertz CT molecular complexity index is 667. The molecule has 0 fully saturated rings. The van der Waals surface area contributed by atoms with E-state index in [1.807, 2.05) is 12.1 Å². The Balaban J connectivity index is 2.04. The predicted octanol–water partition coefficient (Wildman–Crippen LogP) is 1.45. The molecule has 96 valence electrons. The van der Waals surface area contributed by atoms with Gasteiger partial charge in [0.05, 0.1) is 17.1 Å². The molecule has 0 saturated heterocycles. The van der Waals surface area contributed by atoms with E-state index in [0.29, 0.717) is 21.9 Å². The Kier molecular flexibility index (Phi) is 2.75. The lowest BCUT2D eigenvalue weighted by Crippen LogP contribution is -2.42. The molecule has 1 N–H and O–H groups in total. The van der Waals surface area contributed by atoms with Crippen molar-refractivity contribution in [3.8, 4) is 0 Å². The monoisotopic (exact) mass is 274 g/mol. The number of anilines is 2. The first kappa shape index (κ1) is 11.8.